The second-order valence-electron chi connectivity index (χ2n) is 5.23. The van der Waals surface area contributed by atoms with Crippen molar-refractivity contribution < 1.29 is 8.78 Å². The summed E-state index contributed by atoms with van der Waals surface area (Å²) in [5.41, 5.74) is 2.04. The molecule has 0 fully saturated rings. The maximum Gasteiger partial charge on any atom is 0.256 e. The van der Waals surface area contributed by atoms with E-state index in [4.69, 9.17) is 0 Å². The number of hydrogen-bond donors (Lipinski definition) is 1. The molecule has 0 radical (unpaired) electrons. The fraction of sp³-hybridized carbons (Fsp3) is 0.467. The van der Waals surface area contributed by atoms with Crippen LogP contribution in [0, 0.1) is 5.92 Å². The van der Waals surface area contributed by atoms with Crippen LogP contribution in [0.5, 0.6) is 0 Å². The molecule has 0 aliphatic heterocycles. The maximum atomic E-state index is 12.5. The molecule has 0 saturated heterocycles. The summed E-state index contributed by atoms with van der Waals surface area (Å²) in [6, 6.07) is 7.78. The van der Waals surface area contributed by atoms with Gasteiger partial charge in [0.1, 0.15) is 0 Å². The molecule has 0 aliphatic rings. The quantitative estimate of drug-likeness (QED) is 0.844. The summed E-state index contributed by atoms with van der Waals surface area (Å²) in [7, 11) is 0. The summed E-state index contributed by atoms with van der Waals surface area (Å²) in [6.45, 7) is 5.80. The van der Waals surface area contributed by atoms with Gasteiger partial charge in [-0.05, 0) is 30.2 Å². The zero-order valence-corrected chi connectivity index (χ0v) is 11.4. The van der Waals surface area contributed by atoms with Crippen LogP contribution in [0.25, 0.3) is 10.9 Å². The molecule has 0 spiro atoms. The van der Waals surface area contributed by atoms with Crippen molar-refractivity contribution in [3.8, 4) is 0 Å². The second kappa shape index (κ2) is 6.15. The minimum Gasteiger partial charge on any atom is -0.342 e. The number of halogens is 2. The Balaban J connectivity index is 2.19. The van der Waals surface area contributed by atoms with E-state index in [1.54, 1.807) is 10.8 Å². The SMILES string of the molecule is CC(C)CNCc1cccc2c1ccn2CC(F)F. The van der Waals surface area contributed by atoms with Gasteiger partial charge in [0.2, 0.25) is 0 Å². The molecular weight excluding hydrogens is 246 g/mol. The van der Waals surface area contributed by atoms with E-state index in [1.165, 1.54) is 0 Å². The summed E-state index contributed by atoms with van der Waals surface area (Å²) in [6.07, 6.45) is -0.582. The molecular formula is C15H20F2N2. The Morgan fingerprint density at radius 3 is 2.68 bits per heavy atom. The minimum absolute atomic E-state index is 0.244. The number of fused-ring (bicyclic) bond motifs is 1. The Morgan fingerprint density at radius 1 is 1.21 bits per heavy atom. The van der Waals surface area contributed by atoms with Crippen LogP contribution in [-0.2, 0) is 13.1 Å². The molecule has 0 aliphatic carbocycles. The molecule has 0 atom stereocenters. The van der Waals surface area contributed by atoms with Gasteiger partial charge in [-0.3, -0.25) is 0 Å². The molecule has 1 aromatic carbocycles. The number of benzene rings is 1. The van der Waals surface area contributed by atoms with E-state index in [1.807, 2.05) is 24.3 Å². The lowest BCUT2D eigenvalue weighted by molar-refractivity contribution is 0.128. The normalized spacial score (nSPS) is 11.9. The summed E-state index contributed by atoms with van der Waals surface area (Å²) < 4.78 is 26.6. The van der Waals surface area contributed by atoms with Crippen molar-refractivity contribution >= 4 is 10.9 Å². The van der Waals surface area contributed by atoms with Crippen molar-refractivity contribution in [2.45, 2.75) is 33.4 Å². The Labute approximate surface area is 112 Å². The van der Waals surface area contributed by atoms with Gasteiger partial charge in [0, 0.05) is 23.6 Å². The van der Waals surface area contributed by atoms with Gasteiger partial charge >= 0.3 is 0 Å². The molecule has 1 N–H and O–H groups in total. The predicted molar refractivity (Wildman–Crippen MR) is 74.5 cm³/mol. The molecule has 2 rings (SSSR count). The first-order valence-electron chi connectivity index (χ1n) is 6.63. The zero-order chi connectivity index (χ0) is 13.8. The van der Waals surface area contributed by atoms with Gasteiger partial charge in [-0.1, -0.05) is 26.0 Å². The van der Waals surface area contributed by atoms with Crippen molar-refractivity contribution in [2.24, 2.45) is 5.92 Å². The van der Waals surface area contributed by atoms with Crippen molar-refractivity contribution in [3.05, 3.63) is 36.0 Å². The molecule has 0 unspecified atom stereocenters. The Bertz CT molecular complexity index is 532. The van der Waals surface area contributed by atoms with E-state index < -0.39 is 6.43 Å². The van der Waals surface area contributed by atoms with Gasteiger partial charge in [0.25, 0.3) is 6.43 Å². The third-order valence-electron chi connectivity index (χ3n) is 3.11. The summed E-state index contributed by atoms with van der Waals surface area (Å²) in [4.78, 5) is 0. The molecule has 104 valence electrons. The zero-order valence-electron chi connectivity index (χ0n) is 11.4. The van der Waals surface area contributed by atoms with Crippen molar-refractivity contribution in [2.75, 3.05) is 6.54 Å². The van der Waals surface area contributed by atoms with E-state index in [2.05, 4.69) is 19.2 Å². The van der Waals surface area contributed by atoms with Gasteiger partial charge in [-0.25, -0.2) is 8.78 Å². The summed E-state index contributed by atoms with van der Waals surface area (Å²) in [5.74, 6) is 0.600. The average Bonchev–Trinajstić information content (AvgIpc) is 2.72. The number of alkyl halides is 2. The van der Waals surface area contributed by atoms with Crippen LogP contribution in [0.2, 0.25) is 0 Å². The number of nitrogens with zero attached hydrogens (tertiary/aromatic N) is 1. The molecule has 1 aromatic heterocycles. The van der Waals surface area contributed by atoms with Crippen molar-refractivity contribution in [1.82, 2.24) is 9.88 Å². The lowest BCUT2D eigenvalue weighted by Gasteiger charge is -2.09. The van der Waals surface area contributed by atoms with Gasteiger partial charge in [0.05, 0.1) is 6.54 Å². The highest BCUT2D eigenvalue weighted by Crippen LogP contribution is 2.21. The third-order valence-corrected chi connectivity index (χ3v) is 3.11. The number of aromatic nitrogens is 1. The average molecular weight is 266 g/mol. The molecule has 4 heteroatoms. The topological polar surface area (TPSA) is 17.0 Å². The lowest BCUT2D eigenvalue weighted by atomic mass is 10.1. The molecule has 2 aromatic rings. The highest BCUT2D eigenvalue weighted by molar-refractivity contribution is 5.83. The second-order valence-corrected chi connectivity index (χ2v) is 5.23. The lowest BCUT2D eigenvalue weighted by Crippen LogP contribution is -2.19. The summed E-state index contributed by atoms with van der Waals surface area (Å²) >= 11 is 0. The van der Waals surface area contributed by atoms with Gasteiger partial charge in [0.15, 0.2) is 0 Å². The van der Waals surface area contributed by atoms with Gasteiger partial charge < -0.3 is 9.88 Å². The van der Waals surface area contributed by atoms with E-state index in [9.17, 15) is 8.78 Å². The van der Waals surface area contributed by atoms with Crippen LogP contribution >= 0.6 is 0 Å². The van der Waals surface area contributed by atoms with E-state index in [-0.39, 0.29) is 6.54 Å². The van der Waals surface area contributed by atoms with Gasteiger partial charge in [-0.2, -0.15) is 0 Å². The van der Waals surface area contributed by atoms with Crippen LogP contribution in [-0.4, -0.2) is 17.5 Å². The molecule has 1 heterocycles. The third kappa shape index (κ3) is 3.53. The van der Waals surface area contributed by atoms with E-state index >= 15 is 0 Å². The van der Waals surface area contributed by atoms with Crippen LogP contribution in [0.4, 0.5) is 8.78 Å². The van der Waals surface area contributed by atoms with Crippen LogP contribution in [0.3, 0.4) is 0 Å². The standard InChI is InChI=1S/C15H20F2N2/c1-11(2)8-18-9-12-4-3-5-14-13(12)6-7-19(14)10-15(16)17/h3-7,11,15,18H,8-10H2,1-2H3. The molecule has 0 amide bonds. The number of nitrogens with one attached hydrogen (secondary N) is 1. The first kappa shape index (κ1) is 14.0. The molecule has 0 saturated carbocycles. The maximum absolute atomic E-state index is 12.5. The minimum atomic E-state index is -2.32. The molecule has 0 bridgehead atoms. The Hall–Kier alpha value is -1.42. The fourth-order valence-corrected chi connectivity index (χ4v) is 2.24. The number of hydrogen-bond acceptors (Lipinski definition) is 1. The van der Waals surface area contributed by atoms with Crippen molar-refractivity contribution in [1.29, 1.82) is 0 Å². The number of rotatable bonds is 6. The summed E-state index contributed by atoms with van der Waals surface area (Å²) in [5, 5.41) is 4.44. The molecule has 19 heavy (non-hydrogen) atoms. The van der Waals surface area contributed by atoms with E-state index in [0.717, 1.165) is 29.6 Å². The van der Waals surface area contributed by atoms with Crippen LogP contribution < -0.4 is 5.32 Å². The first-order valence-corrected chi connectivity index (χ1v) is 6.63. The van der Waals surface area contributed by atoms with Crippen LogP contribution in [0.15, 0.2) is 30.5 Å². The molecule has 2 nitrogen and oxygen atoms in total. The largest absolute Gasteiger partial charge is 0.342 e. The first-order chi connectivity index (χ1) is 9.08. The monoisotopic (exact) mass is 266 g/mol. The highest BCUT2D eigenvalue weighted by atomic mass is 19.3. The predicted octanol–water partition coefficient (Wildman–Crippen LogP) is 3.65. The Kier molecular flexibility index (Phi) is 4.53. The van der Waals surface area contributed by atoms with Crippen molar-refractivity contribution in [3.63, 3.8) is 0 Å². The van der Waals surface area contributed by atoms with E-state index in [0.29, 0.717) is 5.92 Å². The van der Waals surface area contributed by atoms with Gasteiger partial charge in [-0.15, -0.1) is 0 Å². The Morgan fingerprint density at radius 2 is 2.00 bits per heavy atom. The highest BCUT2D eigenvalue weighted by Gasteiger charge is 2.09. The smallest absolute Gasteiger partial charge is 0.256 e. The fourth-order valence-electron chi connectivity index (χ4n) is 2.24. The van der Waals surface area contributed by atoms with Crippen LogP contribution in [0.1, 0.15) is 19.4 Å².